The molecule has 0 aliphatic carbocycles. The van der Waals surface area contributed by atoms with Gasteiger partial charge in [-0.3, -0.25) is 9.59 Å². The minimum atomic E-state index is -0.358. The molecule has 1 N–H and O–H groups in total. The molecule has 3 aromatic carbocycles. The van der Waals surface area contributed by atoms with Gasteiger partial charge in [-0.15, -0.1) is 0 Å². The van der Waals surface area contributed by atoms with Crippen LogP contribution in [0.25, 0.3) is 5.57 Å². The van der Waals surface area contributed by atoms with Crippen molar-refractivity contribution in [1.29, 1.82) is 0 Å². The zero-order chi connectivity index (χ0) is 23.0. The van der Waals surface area contributed by atoms with Crippen molar-refractivity contribution in [2.75, 3.05) is 29.2 Å². The maximum atomic E-state index is 13.5. The summed E-state index contributed by atoms with van der Waals surface area (Å²) >= 11 is 0. The van der Waals surface area contributed by atoms with Crippen LogP contribution >= 0.6 is 0 Å². The first-order chi connectivity index (χ1) is 15.3. The van der Waals surface area contributed by atoms with E-state index in [1.807, 2.05) is 94.4 Å². The number of hydrogen-bond acceptors (Lipinski definition) is 4. The number of anilines is 3. The predicted molar refractivity (Wildman–Crippen MR) is 131 cm³/mol. The number of aryl methyl sites for hydroxylation is 3. The summed E-state index contributed by atoms with van der Waals surface area (Å²) in [5.74, 6) is -0.682. The monoisotopic (exact) mass is 425 g/mol. The highest BCUT2D eigenvalue weighted by Gasteiger charge is 2.40. The maximum absolute atomic E-state index is 13.5. The summed E-state index contributed by atoms with van der Waals surface area (Å²) in [7, 11) is 3.95. The molecule has 1 aliphatic heterocycles. The molecular formula is C27H27N3O2. The normalized spacial score (nSPS) is 13.7. The van der Waals surface area contributed by atoms with Gasteiger partial charge >= 0.3 is 0 Å². The van der Waals surface area contributed by atoms with Crippen LogP contribution in [0.4, 0.5) is 17.1 Å². The first-order valence-corrected chi connectivity index (χ1v) is 10.6. The molecule has 0 unspecified atom stereocenters. The number of carbonyl (C=O) groups is 2. The lowest BCUT2D eigenvalue weighted by Gasteiger charge is -2.16. The Kier molecular flexibility index (Phi) is 5.57. The minimum Gasteiger partial charge on any atom is -0.378 e. The third-order valence-corrected chi connectivity index (χ3v) is 5.82. The van der Waals surface area contributed by atoms with E-state index in [0.717, 1.165) is 33.6 Å². The van der Waals surface area contributed by atoms with Crippen molar-refractivity contribution in [3.05, 3.63) is 94.7 Å². The molecule has 5 nitrogen and oxygen atoms in total. The highest BCUT2D eigenvalue weighted by Crippen LogP contribution is 2.34. The average Bonchev–Trinajstić information content (AvgIpc) is 3.01. The van der Waals surface area contributed by atoms with Crippen LogP contribution in [0, 0.1) is 20.8 Å². The number of imide groups is 1. The Morgan fingerprint density at radius 1 is 0.750 bits per heavy atom. The Bertz CT molecular complexity index is 1220. The van der Waals surface area contributed by atoms with Crippen LogP contribution in [0.5, 0.6) is 0 Å². The Morgan fingerprint density at radius 3 is 2.00 bits per heavy atom. The van der Waals surface area contributed by atoms with Crippen LogP contribution in [0.2, 0.25) is 0 Å². The largest absolute Gasteiger partial charge is 0.378 e. The van der Waals surface area contributed by atoms with Crippen LogP contribution in [-0.4, -0.2) is 25.9 Å². The molecule has 0 fully saturated rings. The van der Waals surface area contributed by atoms with Crippen LogP contribution < -0.4 is 15.1 Å². The second kappa shape index (κ2) is 8.35. The topological polar surface area (TPSA) is 52.7 Å². The molecule has 4 rings (SSSR count). The van der Waals surface area contributed by atoms with Crippen molar-refractivity contribution in [1.82, 2.24) is 0 Å². The lowest BCUT2D eigenvalue weighted by molar-refractivity contribution is -0.120. The van der Waals surface area contributed by atoms with Gasteiger partial charge in [0.1, 0.15) is 5.70 Å². The van der Waals surface area contributed by atoms with Gasteiger partial charge in [0, 0.05) is 25.5 Å². The smallest absolute Gasteiger partial charge is 0.282 e. The number of hydrogen-bond donors (Lipinski definition) is 1. The molecule has 1 aliphatic rings. The fourth-order valence-corrected chi connectivity index (χ4v) is 3.73. The number of rotatable bonds is 5. The standard InChI is InChI=1S/C27H27N3O2/c1-17-6-12-23(13-7-17)30-26(31)24(20-9-8-18(2)19(3)16-20)25(27(30)32)28-21-10-14-22(15-11-21)29(4)5/h6-16,28H,1-5H3. The molecule has 0 bridgehead atoms. The van der Waals surface area contributed by atoms with Gasteiger partial charge < -0.3 is 10.2 Å². The summed E-state index contributed by atoms with van der Waals surface area (Å²) in [6.45, 7) is 6.01. The second-order valence-electron chi connectivity index (χ2n) is 8.40. The fourth-order valence-electron chi connectivity index (χ4n) is 3.73. The highest BCUT2D eigenvalue weighted by atomic mass is 16.2. The number of nitrogens with zero attached hydrogens (tertiary/aromatic N) is 2. The Hall–Kier alpha value is -3.86. The van der Waals surface area contributed by atoms with Gasteiger partial charge in [0.25, 0.3) is 11.8 Å². The van der Waals surface area contributed by atoms with E-state index < -0.39 is 0 Å². The minimum absolute atomic E-state index is 0.288. The SMILES string of the molecule is Cc1ccc(N2C(=O)C(Nc3ccc(N(C)C)cc3)=C(c3ccc(C)c(C)c3)C2=O)cc1. The molecule has 162 valence electrons. The molecule has 0 atom stereocenters. The lowest BCUT2D eigenvalue weighted by Crippen LogP contribution is -2.32. The van der Waals surface area contributed by atoms with Gasteiger partial charge in [-0.05, 0) is 73.9 Å². The van der Waals surface area contributed by atoms with Crippen molar-refractivity contribution in [3.63, 3.8) is 0 Å². The van der Waals surface area contributed by atoms with Gasteiger partial charge in [0.2, 0.25) is 0 Å². The Morgan fingerprint density at radius 2 is 1.41 bits per heavy atom. The fraction of sp³-hybridized carbons (Fsp3) is 0.185. The van der Waals surface area contributed by atoms with Crippen LogP contribution in [0.3, 0.4) is 0 Å². The van der Waals surface area contributed by atoms with Gasteiger partial charge in [0.05, 0.1) is 11.3 Å². The van der Waals surface area contributed by atoms with E-state index >= 15 is 0 Å². The van der Waals surface area contributed by atoms with E-state index in [4.69, 9.17) is 0 Å². The number of carbonyl (C=O) groups excluding carboxylic acids is 2. The van der Waals surface area contributed by atoms with Gasteiger partial charge in [-0.1, -0.05) is 35.9 Å². The molecule has 0 aromatic heterocycles. The molecule has 32 heavy (non-hydrogen) atoms. The molecule has 0 spiro atoms. The van der Waals surface area contributed by atoms with E-state index in [1.165, 1.54) is 4.90 Å². The van der Waals surface area contributed by atoms with Crippen molar-refractivity contribution >= 4 is 34.4 Å². The van der Waals surface area contributed by atoms with Crippen molar-refractivity contribution in [3.8, 4) is 0 Å². The number of amides is 2. The molecule has 0 saturated heterocycles. The van der Waals surface area contributed by atoms with E-state index in [9.17, 15) is 9.59 Å². The molecule has 5 heteroatoms. The van der Waals surface area contributed by atoms with Crippen LogP contribution in [0.15, 0.2) is 72.4 Å². The summed E-state index contributed by atoms with van der Waals surface area (Å²) in [6.07, 6.45) is 0. The quantitative estimate of drug-likeness (QED) is 0.580. The number of benzene rings is 3. The average molecular weight is 426 g/mol. The first-order valence-electron chi connectivity index (χ1n) is 10.6. The highest BCUT2D eigenvalue weighted by molar-refractivity contribution is 6.46. The van der Waals surface area contributed by atoms with Gasteiger partial charge in [-0.25, -0.2) is 4.90 Å². The molecule has 2 amide bonds. The van der Waals surface area contributed by atoms with E-state index in [0.29, 0.717) is 11.3 Å². The summed E-state index contributed by atoms with van der Waals surface area (Å²) in [4.78, 5) is 30.3. The van der Waals surface area contributed by atoms with Crippen molar-refractivity contribution in [2.45, 2.75) is 20.8 Å². The van der Waals surface area contributed by atoms with Gasteiger partial charge in [0.15, 0.2) is 0 Å². The van der Waals surface area contributed by atoms with Crippen molar-refractivity contribution in [2.24, 2.45) is 0 Å². The molecule has 3 aromatic rings. The van der Waals surface area contributed by atoms with Crippen molar-refractivity contribution < 1.29 is 9.59 Å². The molecule has 0 saturated carbocycles. The number of nitrogens with one attached hydrogen (secondary N) is 1. The van der Waals surface area contributed by atoms with E-state index in [-0.39, 0.29) is 17.5 Å². The maximum Gasteiger partial charge on any atom is 0.282 e. The summed E-state index contributed by atoms with van der Waals surface area (Å²) < 4.78 is 0. The Balaban J connectivity index is 1.80. The predicted octanol–water partition coefficient (Wildman–Crippen LogP) is 5.07. The van der Waals surface area contributed by atoms with Gasteiger partial charge in [-0.2, -0.15) is 0 Å². The van der Waals surface area contributed by atoms with Crippen LogP contribution in [-0.2, 0) is 9.59 Å². The first kappa shape index (κ1) is 21.4. The third-order valence-electron chi connectivity index (χ3n) is 5.82. The zero-order valence-electron chi connectivity index (χ0n) is 19.1. The Labute approximate surface area is 189 Å². The zero-order valence-corrected chi connectivity index (χ0v) is 19.1. The summed E-state index contributed by atoms with van der Waals surface area (Å²) in [6, 6.07) is 21.0. The molecular weight excluding hydrogens is 398 g/mol. The molecule has 0 radical (unpaired) electrons. The lowest BCUT2D eigenvalue weighted by atomic mass is 9.99. The van der Waals surface area contributed by atoms with E-state index in [1.54, 1.807) is 12.1 Å². The summed E-state index contributed by atoms with van der Waals surface area (Å²) in [5.41, 5.74) is 7.03. The molecule has 1 heterocycles. The van der Waals surface area contributed by atoms with E-state index in [2.05, 4.69) is 5.32 Å². The van der Waals surface area contributed by atoms with Crippen LogP contribution in [0.1, 0.15) is 22.3 Å². The third kappa shape index (κ3) is 3.89. The summed E-state index contributed by atoms with van der Waals surface area (Å²) in [5, 5.41) is 3.23. The second-order valence-corrected chi connectivity index (χ2v) is 8.40.